The van der Waals surface area contributed by atoms with Crippen molar-refractivity contribution in [3.8, 4) is 0 Å². The quantitative estimate of drug-likeness (QED) is 0.781. The molecule has 0 radical (unpaired) electrons. The molecule has 1 N–H and O–H groups in total. The van der Waals surface area contributed by atoms with Gasteiger partial charge in [-0.25, -0.2) is 9.36 Å². The fourth-order valence-electron chi connectivity index (χ4n) is 1.32. The van der Waals surface area contributed by atoms with Gasteiger partial charge in [-0.05, 0) is 34.7 Å². The van der Waals surface area contributed by atoms with Crippen LogP contribution < -0.4 is 11.2 Å². The molecule has 5 nitrogen and oxygen atoms in total. The highest BCUT2D eigenvalue weighted by Gasteiger charge is 2.11. The van der Waals surface area contributed by atoms with Gasteiger partial charge in [0.25, 0.3) is 11.5 Å². The van der Waals surface area contributed by atoms with E-state index in [0.29, 0.717) is 5.56 Å². The van der Waals surface area contributed by atoms with Gasteiger partial charge in [0, 0.05) is 11.8 Å². The molecule has 0 aliphatic rings. The SMILES string of the molecule is O=C(c1ccccc1)n1cc(I)c(=O)[nH]c1=O. The van der Waals surface area contributed by atoms with Gasteiger partial charge in [0.15, 0.2) is 0 Å². The fourth-order valence-corrected chi connectivity index (χ4v) is 1.73. The molecule has 0 unspecified atom stereocenters. The number of aromatic nitrogens is 2. The maximum Gasteiger partial charge on any atom is 0.335 e. The Hall–Kier alpha value is -1.70. The third-order valence-electron chi connectivity index (χ3n) is 2.14. The predicted octanol–water partition coefficient (Wildman–Crippen LogP) is 0.830. The van der Waals surface area contributed by atoms with Crippen molar-refractivity contribution in [2.24, 2.45) is 0 Å². The highest BCUT2D eigenvalue weighted by molar-refractivity contribution is 14.1. The molecular formula is C11H7IN2O3. The average molecular weight is 342 g/mol. The molecule has 0 amide bonds. The van der Waals surface area contributed by atoms with Crippen LogP contribution in [0.25, 0.3) is 0 Å². The monoisotopic (exact) mass is 342 g/mol. The molecule has 6 heteroatoms. The number of nitrogens with zero attached hydrogens (tertiary/aromatic N) is 1. The second kappa shape index (κ2) is 4.66. The second-order valence-corrected chi connectivity index (χ2v) is 4.44. The van der Waals surface area contributed by atoms with E-state index in [9.17, 15) is 14.4 Å². The Morgan fingerprint density at radius 2 is 1.82 bits per heavy atom. The number of aromatic amines is 1. The summed E-state index contributed by atoms with van der Waals surface area (Å²) in [7, 11) is 0. The van der Waals surface area contributed by atoms with E-state index in [0.717, 1.165) is 4.57 Å². The summed E-state index contributed by atoms with van der Waals surface area (Å²) in [5.41, 5.74) is -0.838. The van der Waals surface area contributed by atoms with E-state index < -0.39 is 17.2 Å². The molecule has 2 aromatic rings. The zero-order valence-electron chi connectivity index (χ0n) is 8.51. The van der Waals surface area contributed by atoms with Crippen molar-refractivity contribution in [2.75, 3.05) is 0 Å². The van der Waals surface area contributed by atoms with Crippen molar-refractivity contribution >= 4 is 28.5 Å². The van der Waals surface area contributed by atoms with E-state index in [1.165, 1.54) is 6.20 Å². The molecule has 0 spiro atoms. The first-order chi connectivity index (χ1) is 8.09. The summed E-state index contributed by atoms with van der Waals surface area (Å²) < 4.78 is 1.17. The van der Waals surface area contributed by atoms with Crippen LogP contribution >= 0.6 is 22.6 Å². The van der Waals surface area contributed by atoms with Crippen LogP contribution in [0.5, 0.6) is 0 Å². The summed E-state index contributed by atoms with van der Waals surface area (Å²) in [5.74, 6) is -0.468. The molecule has 0 atom stereocenters. The maximum absolute atomic E-state index is 12.0. The lowest BCUT2D eigenvalue weighted by molar-refractivity contribution is 0.0954. The summed E-state index contributed by atoms with van der Waals surface area (Å²) in [4.78, 5) is 36.7. The van der Waals surface area contributed by atoms with Gasteiger partial charge in [-0.1, -0.05) is 18.2 Å². The van der Waals surface area contributed by atoms with Crippen LogP contribution in [0.2, 0.25) is 0 Å². The largest absolute Gasteiger partial charge is 0.335 e. The summed E-state index contributed by atoms with van der Waals surface area (Å²) >= 11 is 1.76. The first-order valence-electron chi connectivity index (χ1n) is 4.71. The third-order valence-corrected chi connectivity index (χ3v) is 2.91. The summed E-state index contributed by atoms with van der Waals surface area (Å²) in [6, 6.07) is 8.39. The second-order valence-electron chi connectivity index (χ2n) is 3.28. The number of carbonyl (C=O) groups excluding carboxylic acids is 1. The number of rotatable bonds is 1. The average Bonchev–Trinajstić information content (AvgIpc) is 2.34. The van der Waals surface area contributed by atoms with Crippen LogP contribution in [0.3, 0.4) is 0 Å². The molecule has 2 rings (SSSR count). The van der Waals surface area contributed by atoms with E-state index in [1.807, 2.05) is 0 Å². The Bertz CT molecular complexity index is 673. The Morgan fingerprint density at radius 1 is 1.18 bits per heavy atom. The van der Waals surface area contributed by atoms with Gasteiger partial charge in [0.2, 0.25) is 0 Å². The van der Waals surface area contributed by atoms with Gasteiger partial charge in [0.05, 0.1) is 3.57 Å². The van der Waals surface area contributed by atoms with Crippen molar-refractivity contribution in [3.05, 3.63) is 66.5 Å². The van der Waals surface area contributed by atoms with E-state index in [-0.39, 0.29) is 3.57 Å². The predicted molar refractivity (Wildman–Crippen MR) is 70.2 cm³/mol. The summed E-state index contributed by atoms with van der Waals surface area (Å²) in [6.07, 6.45) is 1.23. The molecular weight excluding hydrogens is 335 g/mol. The van der Waals surface area contributed by atoms with Gasteiger partial charge >= 0.3 is 5.69 Å². The smallest absolute Gasteiger partial charge is 0.273 e. The number of hydrogen-bond acceptors (Lipinski definition) is 3. The lowest BCUT2D eigenvalue weighted by atomic mass is 10.2. The molecule has 1 aromatic heterocycles. The van der Waals surface area contributed by atoms with Crippen molar-refractivity contribution in [2.45, 2.75) is 0 Å². The standard InChI is InChI=1S/C11H7IN2O3/c12-8-6-14(11(17)13-9(8)15)10(16)7-4-2-1-3-5-7/h1-6H,(H,13,15,17). The Kier molecular flexibility index (Phi) is 3.23. The number of benzene rings is 1. The molecule has 17 heavy (non-hydrogen) atoms. The molecule has 0 bridgehead atoms. The number of hydrogen-bond donors (Lipinski definition) is 1. The molecule has 1 heterocycles. The molecule has 0 aliphatic heterocycles. The normalized spacial score (nSPS) is 10.2. The van der Waals surface area contributed by atoms with Crippen LogP contribution in [0, 0.1) is 3.57 Å². The molecule has 0 fully saturated rings. The fraction of sp³-hybridized carbons (Fsp3) is 0. The van der Waals surface area contributed by atoms with Crippen molar-refractivity contribution in [1.82, 2.24) is 9.55 Å². The number of H-pyrrole nitrogens is 1. The van der Waals surface area contributed by atoms with Crippen molar-refractivity contribution in [3.63, 3.8) is 0 Å². The van der Waals surface area contributed by atoms with Crippen LogP contribution in [0.1, 0.15) is 10.4 Å². The lowest BCUT2D eigenvalue weighted by Gasteiger charge is -2.03. The minimum atomic E-state index is -0.732. The highest BCUT2D eigenvalue weighted by atomic mass is 127. The number of halogens is 1. The Morgan fingerprint density at radius 3 is 2.47 bits per heavy atom. The third kappa shape index (κ3) is 2.36. The first-order valence-corrected chi connectivity index (χ1v) is 5.78. The van der Waals surface area contributed by atoms with Gasteiger partial charge in [-0.15, -0.1) is 0 Å². The topological polar surface area (TPSA) is 71.9 Å². The van der Waals surface area contributed by atoms with Gasteiger partial charge in [0.1, 0.15) is 0 Å². The van der Waals surface area contributed by atoms with Crippen LogP contribution in [-0.2, 0) is 0 Å². The van der Waals surface area contributed by atoms with E-state index in [1.54, 1.807) is 52.9 Å². The van der Waals surface area contributed by atoms with Crippen LogP contribution in [0.4, 0.5) is 0 Å². The zero-order chi connectivity index (χ0) is 12.4. The Balaban J connectivity index is 2.56. The summed E-state index contributed by atoms with van der Waals surface area (Å²) in [6.45, 7) is 0. The van der Waals surface area contributed by atoms with Crippen LogP contribution in [-0.4, -0.2) is 15.5 Å². The van der Waals surface area contributed by atoms with Crippen molar-refractivity contribution in [1.29, 1.82) is 0 Å². The Labute approximate surface area is 109 Å². The highest BCUT2D eigenvalue weighted by Crippen LogP contribution is 2.01. The van der Waals surface area contributed by atoms with E-state index >= 15 is 0 Å². The van der Waals surface area contributed by atoms with Gasteiger partial charge < -0.3 is 0 Å². The lowest BCUT2D eigenvalue weighted by Crippen LogP contribution is -2.35. The van der Waals surface area contributed by atoms with Gasteiger partial charge in [-0.3, -0.25) is 14.6 Å². The minimum absolute atomic E-state index is 0.284. The zero-order valence-corrected chi connectivity index (χ0v) is 10.7. The molecule has 1 aromatic carbocycles. The van der Waals surface area contributed by atoms with Crippen LogP contribution in [0.15, 0.2) is 46.1 Å². The summed E-state index contributed by atoms with van der Waals surface area (Å²) in [5, 5.41) is 0. The number of nitrogens with one attached hydrogen (secondary N) is 1. The maximum atomic E-state index is 12.0. The van der Waals surface area contributed by atoms with E-state index in [2.05, 4.69) is 4.98 Å². The van der Waals surface area contributed by atoms with E-state index in [4.69, 9.17) is 0 Å². The molecule has 0 saturated carbocycles. The molecule has 0 saturated heterocycles. The van der Waals surface area contributed by atoms with Gasteiger partial charge in [-0.2, -0.15) is 0 Å². The number of carbonyl (C=O) groups is 1. The van der Waals surface area contributed by atoms with Crippen molar-refractivity contribution < 1.29 is 4.79 Å². The minimum Gasteiger partial charge on any atom is -0.273 e. The first kappa shape index (κ1) is 11.8. The molecule has 86 valence electrons. The molecule has 0 aliphatic carbocycles.